The van der Waals surface area contributed by atoms with Crippen LogP contribution in [0.15, 0.2) is 131 Å². The number of aliphatic hydroxyl groups excluding tert-OH is 15. The number of fused-ring (bicyclic) bond motifs is 2. The van der Waals surface area contributed by atoms with Gasteiger partial charge in [0, 0.05) is 74.5 Å². The molecule has 1 aliphatic carbocycles. The van der Waals surface area contributed by atoms with Crippen molar-refractivity contribution in [2.75, 3.05) is 13.4 Å². The summed E-state index contributed by atoms with van der Waals surface area (Å²) in [6.07, 6.45) is 17.2. The summed E-state index contributed by atoms with van der Waals surface area (Å²) in [4.78, 5) is 52.4. The number of methoxy groups -OCH3 is 1. The number of aliphatic hydroxyl groups is 16. The van der Waals surface area contributed by atoms with E-state index in [1.54, 1.807) is 127 Å². The Bertz CT molecular complexity index is 2990. The minimum absolute atomic E-state index is 0.0386. The molecule has 3 rings (SSSR count). The van der Waals surface area contributed by atoms with Crippen LogP contribution in [0.4, 0.5) is 0 Å². The summed E-state index contributed by atoms with van der Waals surface area (Å²) in [5, 5.41) is 175. The first-order valence-corrected chi connectivity index (χ1v) is 39.7. The molecule has 25 unspecified atom stereocenters. The van der Waals surface area contributed by atoms with Crippen molar-refractivity contribution in [2.45, 2.75) is 306 Å². The molecule has 2 bridgehead atoms. The standard InChI is InChI=1S/C83H132O23S/c1-51-24-19-21-32-63(88)44-68(93)46-69(33-22-20-25-52(2)35-39-75(104-9)77-80(102)72(96)48-73(97)82(77)107-10)105-76(99)50-83(103)49-74(98)57(7)81(106-83)58(8)79(101)55(5)27-23-26-54(4)78(100)56(6)71(95)47-70(94)53(3)36-38-65(90)45-67(92)43-62(87)31-18-14-17-30-61(86)42-66(91)41-60(85)29-16-13-11-12-15-28-59(84)40-64(89)37-34-51/h11-18,20,22-23,25-27,29,31,33,48,51-53,55-65,67-71,74-75,78-79,81,84-90,92-96,98,100-101,103H,19,21,24,28,30,32,34-47,49-50H2,1-10H3. The van der Waals surface area contributed by atoms with E-state index in [4.69, 9.17) is 14.2 Å². The van der Waals surface area contributed by atoms with Crippen LogP contribution in [0.1, 0.15) is 197 Å². The molecule has 0 saturated carbocycles. The van der Waals surface area contributed by atoms with Gasteiger partial charge in [-0.05, 0) is 126 Å². The van der Waals surface area contributed by atoms with Gasteiger partial charge in [0.05, 0.1) is 109 Å². The summed E-state index contributed by atoms with van der Waals surface area (Å²) >= 11 is 1.10. The average molecular weight is 1530 g/mol. The summed E-state index contributed by atoms with van der Waals surface area (Å²) < 4.78 is 17.8. The molecule has 23 nitrogen and oxygen atoms in total. The molecule has 0 amide bonds. The summed E-state index contributed by atoms with van der Waals surface area (Å²) in [6.45, 7) is 14.2. The number of ether oxygens (including phenoxy) is 3. The number of ketones is 3. The second-order valence-corrected chi connectivity index (χ2v) is 31.4. The Kier molecular flexibility index (Phi) is 45.8. The number of hydrogen-bond donors (Lipinski definition) is 16. The summed E-state index contributed by atoms with van der Waals surface area (Å²) in [5.41, 5.74) is 0.579. The second kappa shape index (κ2) is 50.9. The number of cyclic esters (lactones) is 1. The number of thioether (sulfide) groups is 1. The van der Waals surface area contributed by atoms with Gasteiger partial charge in [-0.15, -0.1) is 11.8 Å². The van der Waals surface area contributed by atoms with Crippen LogP contribution in [-0.4, -0.2) is 228 Å². The van der Waals surface area contributed by atoms with Crippen LogP contribution in [-0.2, 0) is 33.4 Å². The largest absolute Gasteiger partial charge is 0.504 e. The number of allylic oxidation sites excluding steroid dienone is 14. The van der Waals surface area contributed by atoms with E-state index in [9.17, 15) is 101 Å². The van der Waals surface area contributed by atoms with E-state index in [2.05, 4.69) is 6.92 Å². The molecule has 25 atom stereocenters. The molecule has 1 saturated heterocycles. The molecule has 608 valence electrons. The third-order valence-electron chi connectivity index (χ3n) is 20.8. The first-order chi connectivity index (χ1) is 50.5. The van der Waals surface area contributed by atoms with E-state index in [1.165, 1.54) is 25.3 Å². The predicted octanol–water partition coefficient (Wildman–Crippen LogP) is 8.28. The number of rotatable bonds is 9. The normalized spacial score (nSPS) is 36.5. The van der Waals surface area contributed by atoms with E-state index in [0.29, 0.717) is 56.9 Å². The lowest BCUT2D eigenvalue weighted by atomic mass is 9.78. The van der Waals surface area contributed by atoms with Crippen molar-refractivity contribution in [1.29, 1.82) is 0 Å². The molecule has 2 aliphatic heterocycles. The molecule has 3 aliphatic rings. The van der Waals surface area contributed by atoms with Crippen molar-refractivity contribution in [3.8, 4) is 0 Å². The number of carbonyl (C=O) groups is 4. The second-order valence-electron chi connectivity index (χ2n) is 30.6. The minimum Gasteiger partial charge on any atom is -0.504 e. The molecule has 1 fully saturated rings. The molecule has 0 aromatic carbocycles. The zero-order chi connectivity index (χ0) is 80.1. The minimum atomic E-state index is -2.25. The highest BCUT2D eigenvalue weighted by atomic mass is 32.2. The third-order valence-corrected chi connectivity index (χ3v) is 21.6. The van der Waals surface area contributed by atoms with Crippen LogP contribution < -0.4 is 0 Å². The smallest absolute Gasteiger partial charge is 0.311 e. The lowest BCUT2D eigenvalue weighted by Gasteiger charge is -2.46. The maximum atomic E-state index is 14.0. The Morgan fingerprint density at radius 2 is 1.21 bits per heavy atom. The first kappa shape index (κ1) is 96.3. The van der Waals surface area contributed by atoms with E-state index in [1.807, 2.05) is 13.0 Å². The fraction of sp³-hybridized carbons (Fsp3) is 0.687. The number of esters is 1. The van der Waals surface area contributed by atoms with Gasteiger partial charge in [-0.2, -0.15) is 0 Å². The zero-order valence-electron chi connectivity index (χ0n) is 64.7. The molecular weight excluding hydrogens is 1400 g/mol. The van der Waals surface area contributed by atoms with Crippen LogP contribution in [0, 0.1) is 41.4 Å². The van der Waals surface area contributed by atoms with Crippen LogP contribution in [0.3, 0.4) is 0 Å². The number of carbonyl (C=O) groups excluding carboxylic acids is 4. The van der Waals surface area contributed by atoms with Crippen molar-refractivity contribution >= 4 is 35.1 Å². The van der Waals surface area contributed by atoms with Crippen LogP contribution in [0.2, 0.25) is 0 Å². The maximum Gasteiger partial charge on any atom is 0.311 e. The van der Waals surface area contributed by atoms with Gasteiger partial charge < -0.3 is 95.9 Å². The quantitative estimate of drug-likeness (QED) is 0.0586. The monoisotopic (exact) mass is 1530 g/mol. The van der Waals surface area contributed by atoms with Crippen LogP contribution >= 0.6 is 11.8 Å². The molecule has 0 radical (unpaired) electrons. The lowest BCUT2D eigenvalue weighted by molar-refractivity contribution is -0.302. The number of Topliss-reactive ketones (excluding diaryl/α,β-unsaturated/α-hetero) is 2. The van der Waals surface area contributed by atoms with Crippen molar-refractivity contribution < 1.29 is 115 Å². The van der Waals surface area contributed by atoms with Crippen LogP contribution in [0.25, 0.3) is 0 Å². The molecule has 0 aromatic rings. The van der Waals surface area contributed by atoms with E-state index < -0.39 is 163 Å². The van der Waals surface area contributed by atoms with Crippen LogP contribution in [0.5, 0.6) is 0 Å². The lowest BCUT2D eigenvalue weighted by Crippen LogP contribution is -2.55. The Morgan fingerprint density at radius 3 is 1.88 bits per heavy atom. The van der Waals surface area contributed by atoms with Crippen molar-refractivity contribution in [3.05, 3.63) is 131 Å². The number of hydrogen-bond acceptors (Lipinski definition) is 24. The summed E-state index contributed by atoms with van der Waals surface area (Å²) in [5.74, 6) is -8.18. The van der Waals surface area contributed by atoms with Crippen molar-refractivity contribution in [3.63, 3.8) is 0 Å². The molecule has 16 N–H and O–H groups in total. The van der Waals surface area contributed by atoms with Gasteiger partial charge in [0.15, 0.2) is 17.3 Å². The van der Waals surface area contributed by atoms with Gasteiger partial charge in [-0.1, -0.05) is 165 Å². The molecular formula is C83H132O23S. The average Bonchev–Trinajstić information content (AvgIpc) is 0.797. The third kappa shape index (κ3) is 37.3. The first-order valence-electron chi connectivity index (χ1n) is 38.5. The van der Waals surface area contributed by atoms with E-state index >= 15 is 0 Å². The highest BCUT2D eigenvalue weighted by Crippen LogP contribution is 2.40. The molecule has 0 aromatic heterocycles. The van der Waals surface area contributed by atoms with Crippen molar-refractivity contribution in [2.24, 2.45) is 41.4 Å². The van der Waals surface area contributed by atoms with E-state index in [-0.39, 0.29) is 105 Å². The van der Waals surface area contributed by atoms with E-state index in [0.717, 1.165) is 30.7 Å². The summed E-state index contributed by atoms with van der Waals surface area (Å²) in [7, 11) is 1.42. The maximum absolute atomic E-state index is 14.0. The fourth-order valence-corrected chi connectivity index (χ4v) is 14.4. The van der Waals surface area contributed by atoms with Crippen molar-refractivity contribution in [1.82, 2.24) is 0 Å². The molecule has 2 heterocycles. The fourth-order valence-electron chi connectivity index (χ4n) is 13.7. The molecule has 0 spiro atoms. The van der Waals surface area contributed by atoms with Gasteiger partial charge in [0.25, 0.3) is 0 Å². The Labute approximate surface area is 639 Å². The molecule has 24 heteroatoms. The Hall–Kier alpha value is -4.91. The van der Waals surface area contributed by atoms with Gasteiger partial charge in [0.1, 0.15) is 11.9 Å². The van der Waals surface area contributed by atoms with Gasteiger partial charge >= 0.3 is 5.97 Å². The molecule has 107 heavy (non-hydrogen) atoms. The Balaban J connectivity index is 1.80. The van der Waals surface area contributed by atoms with Gasteiger partial charge in [-0.3, -0.25) is 19.2 Å². The Morgan fingerprint density at radius 1 is 0.607 bits per heavy atom. The summed E-state index contributed by atoms with van der Waals surface area (Å²) in [6, 6.07) is 0. The zero-order valence-corrected chi connectivity index (χ0v) is 65.5. The topological polar surface area (TPSA) is 420 Å². The van der Waals surface area contributed by atoms with Gasteiger partial charge in [-0.25, -0.2) is 0 Å². The van der Waals surface area contributed by atoms with Gasteiger partial charge in [0.2, 0.25) is 5.78 Å². The highest BCUT2D eigenvalue weighted by molar-refractivity contribution is 8.03. The predicted molar refractivity (Wildman–Crippen MR) is 413 cm³/mol. The highest BCUT2D eigenvalue weighted by Gasteiger charge is 2.49. The SMILES string of the molecule is COC(CCC(C)C=CC=CC1CC(O)CC(O)CCCCC(C)CCC(O)CC(O)CC=CC=CC=CC(O)CC(=O)CC(O)CC=CC=CC(O)CC(O)CC(O)CCC(C)C(O)CC(O)C(C)C(O)C(C)=CC=CC(C)C(O)C(C)C2OC(O)(CC(=O)O1)CC(O)C2C)C1=C(SC)C(=O)C=C(O)C1=O.